The lowest BCUT2D eigenvalue weighted by molar-refractivity contribution is -0.304. The number of hydrogen-bond acceptors (Lipinski definition) is 4. The van der Waals surface area contributed by atoms with E-state index in [1.807, 2.05) is 48.5 Å². The molecule has 2 aliphatic rings. The molecule has 0 aliphatic carbocycles. The normalized spacial score (nSPS) is 18.7. The van der Waals surface area contributed by atoms with Crippen molar-refractivity contribution >= 4 is 33.5 Å². The summed E-state index contributed by atoms with van der Waals surface area (Å²) in [5, 5.41) is 14.3. The summed E-state index contributed by atoms with van der Waals surface area (Å²) in [6.07, 6.45) is -0.384. The summed E-state index contributed by atoms with van der Waals surface area (Å²) in [4.78, 5) is 25.7. The number of nitrogens with zero attached hydrogens (tertiary/aromatic N) is 1. The van der Waals surface area contributed by atoms with E-state index in [1.54, 1.807) is 4.90 Å². The molecule has 0 radical (unpaired) electrons. The van der Waals surface area contributed by atoms with E-state index in [0.717, 1.165) is 21.3 Å². The first kappa shape index (κ1) is 15.9. The molecule has 25 heavy (non-hydrogen) atoms. The van der Waals surface area contributed by atoms with E-state index in [-0.39, 0.29) is 23.9 Å². The number of nitrogens with one attached hydrogen (secondary N) is 1. The minimum absolute atomic E-state index is 0.258. The van der Waals surface area contributed by atoms with Crippen molar-refractivity contribution in [2.24, 2.45) is 0 Å². The van der Waals surface area contributed by atoms with Gasteiger partial charge in [-0.2, -0.15) is 0 Å². The Balaban J connectivity index is 1.90. The Morgan fingerprint density at radius 2 is 2.00 bits per heavy atom. The Morgan fingerprint density at radius 1 is 1.24 bits per heavy atom. The van der Waals surface area contributed by atoms with Gasteiger partial charge in [-0.3, -0.25) is 4.79 Å². The van der Waals surface area contributed by atoms with Gasteiger partial charge < -0.3 is 20.1 Å². The van der Waals surface area contributed by atoms with Gasteiger partial charge in [0.05, 0.1) is 12.6 Å². The van der Waals surface area contributed by atoms with E-state index in [9.17, 15) is 14.7 Å². The molecule has 0 fully saturated rings. The first-order valence-electron chi connectivity index (χ1n) is 7.89. The fourth-order valence-corrected chi connectivity index (χ4v) is 3.87. The van der Waals surface area contributed by atoms with Crippen LogP contribution in [0.4, 0.5) is 5.69 Å². The third-order valence-corrected chi connectivity index (χ3v) is 5.05. The molecule has 0 saturated heterocycles. The number of carbonyl (C=O) groups is 2. The van der Waals surface area contributed by atoms with E-state index in [4.69, 9.17) is 0 Å². The van der Waals surface area contributed by atoms with Crippen LogP contribution in [0.15, 0.2) is 64.3 Å². The number of halogens is 1. The molecule has 1 atom stereocenters. The zero-order valence-corrected chi connectivity index (χ0v) is 14.7. The molecule has 2 heterocycles. The number of aliphatic carboxylic acids is 1. The molecule has 6 heteroatoms. The summed E-state index contributed by atoms with van der Waals surface area (Å²) in [5.41, 5.74) is 3.73. The Bertz CT molecular complexity index is 908. The summed E-state index contributed by atoms with van der Waals surface area (Å²) in [6.45, 7) is 0.354. The van der Waals surface area contributed by atoms with Crippen LogP contribution in [0.3, 0.4) is 0 Å². The van der Waals surface area contributed by atoms with E-state index in [1.165, 1.54) is 0 Å². The predicted molar refractivity (Wildman–Crippen MR) is 94.4 cm³/mol. The smallest absolute Gasteiger partial charge is 0.253 e. The molecule has 1 N–H and O–H groups in total. The molecular weight excluding hydrogens is 384 g/mol. The summed E-state index contributed by atoms with van der Waals surface area (Å²) >= 11 is 3.50. The topological polar surface area (TPSA) is 72.5 Å². The lowest BCUT2D eigenvalue weighted by Crippen LogP contribution is -2.33. The van der Waals surface area contributed by atoms with Crippen LogP contribution < -0.4 is 10.4 Å². The number of amides is 1. The third-order valence-electron chi connectivity index (χ3n) is 4.55. The molecule has 4 rings (SSSR count). The molecule has 2 bridgehead atoms. The molecule has 2 aromatic carbocycles. The number of carbonyl (C=O) groups excluding carboxylic acids is 2. The maximum absolute atomic E-state index is 12.9. The minimum atomic E-state index is -1.25. The lowest BCUT2D eigenvalue weighted by Gasteiger charge is -2.29. The van der Waals surface area contributed by atoms with E-state index >= 15 is 0 Å². The highest BCUT2D eigenvalue weighted by molar-refractivity contribution is 9.10. The second-order valence-electron chi connectivity index (χ2n) is 6.11. The van der Waals surface area contributed by atoms with Crippen LogP contribution in [0.2, 0.25) is 0 Å². The molecule has 2 aromatic rings. The van der Waals surface area contributed by atoms with Gasteiger partial charge in [-0.05, 0) is 23.8 Å². The lowest BCUT2D eigenvalue weighted by atomic mass is 9.95. The monoisotopic (exact) mass is 397 g/mol. The quantitative estimate of drug-likeness (QED) is 0.861. The molecule has 126 valence electrons. The van der Waals surface area contributed by atoms with Crippen molar-refractivity contribution in [3.8, 4) is 0 Å². The molecule has 0 aromatic heterocycles. The Morgan fingerprint density at radius 3 is 2.72 bits per heavy atom. The maximum atomic E-state index is 12.9. The fourth-order valence-electron chi connectivity index (χ4n) is 3.49. The van der Waals surface area contributed by atoms with Crippen LogP contribution in [0.25, 0.3) is 0 Å². The van der Waals surface area contributed by atoms with Crippen molar-refractivity contribution in [1.82, 2.24) is 4.90 Å². The molecular formula is C19H14BrN2O3-. The average molecular weight is 398 g/mol. The predicted octanol–water partition coefficient (Wildman–Crippen LogP) is 2.20. The zero-order valence-electron chi connectivity index (χ0n) is 13.2. The Labute approximate surface area is 153 Å². The van der Waals surface area contributed by atoms with Crippen molar-refractivity contribution in [3.63, 3.8) is 0 Å². The van der Waals surface area contributed by atoms with Crippen molar-refractivity contribution in [2.45, 2.75) is 12.5 Å². The van der Waals surface area contributed by atoms with Crippen LogP contribution in [0.1, 0.15) is 23.6 Å². The summed E-state index contributed by atoms with van der Waals surface area (Å²) < 4.78 is 0.921. The van der Waals surface area contributed by atoms with E-state index < -0.39 is 5.97 Å². The summed E-state index contributed by atoms with van der Waals surface area (Å²) in [7, 11) is 0. The number of hydrogen-bond donors (Lipinski definition) is 1. The fraction of sp³-hybridized carbons (Fsp3) is 0.158. The van der Waals surface area contributed by atoms with Crippen LogP contribution in [-0.4, -0.2) is 23.3 Å². The van der Waals surface area contributed by atoms with Gasteiger partial charge in [-0.1, -0.05) is 46.3 Å². The number of carboxylic acid groups (broad SMARTS) is 1. The standard InChI is InChI=1S/C19H15BrN2O3/c20-12-6-7-15-13(8-12)18(11-4-2-1-3-5-11)22-10-16(21-15)14(19(22)25)9-17(23)24/h1-8,18,21H,9-10H2,(H,23,24)/p-1/t18-/m1/s1. The van der Waals surface area contributed by atoms with Crippen LogP contribution in [-0.2, 0) is 9.59 Å². The minimum Gasteiger partial charge on any atom is -0.550 e. The van der Waals surface area contributed by atoms with Crippen LogP contribution in [0.5, 0.6) is 0 Å². The molecule has 1 amide bonds. The van der Waals surface area contributed by atoms with E-state index in [2.05, 4.69) is 21.2 Å². The third kappa shape index (κ3) is 2.72. The molecule has 0 spiro atoms. The van der Waals surface area contributed by atoms with E-state index in [0.29, 0.717) is 12.2 Å². The van der Waals surface area contributed by atoms with Gasteiger partial charge in [0.15, 0.2) is 0 Å². The zero-order chi connectivity index (χ0) is 17.6. The highest BCUT2D eigenvalue weighted by Crippen LogP contribution is 2.42. The van der Waals surface area contributed by atoms with Gasteiger partial charge in [0.2, 0.25) is 0 Å². The molecule has 2 aliphatic heterocycles. The summed E-state index contributed by atoms with van der Waals surface area (Å²) in [5.74, 6) is -1.51. The van der Waals surface area contributed by atoms with Crippen molar-refractivity contribution < 1.29 is 14.7 Å². The van der Waals surface area contributed by atoms with Gasteiger partial charge in [0.25, 0.3) is 5.91 Å². The first-order valence-corrected chi connectivity index (χ1v) is 8.68. The number of carboxylic acids is 1. The van der Waals surface area contributed by atoms with Gasteiger partial charge in [0.1, 0.15) is 0 Å². The molecule has 5 nitrogen and oxygen atoms in total. The molecule has 0 unspecified atom stereocenters. The summed E-state index contributed by atoms with van der Waals surface area (Å²) in [6, 6.07) is 15.3. The number of benzene rings is 2. The van der Waals surface area contributed by atoms with Crippen molar-refractivity contribution in [2.75, 3.05) is 11.9 Å². The average Bonchev–Trinajstić information content (AvgIpc) is 2.79. The van der Waals surface area contributed by atoms with Crippen molar-refractivity contribution in [3.05, 3.63) is 75.4 Å². The Kier molecular flexibility index (Phi) is 3.84. The second-order valence-corrected chi connectivity index (χ2v) is 7.02. The maximum Gasteiger partial charge on any atom is 0.253 e. The van der Waals surface area contributed by atoms with Gasteiger partial charge in [-0.25, -0.2) is 0 Å². The number of anilines is 1. The number of rotatable bonds is 3. The second kappa shape index (κ2) is 6.04. The SMILES string of the molecule is O=C([O-])CC1=C2CN(C1=O)[C@H](c1ccccc1)c1cc(Br)ccc1N2. The van der Waals surface area contributed by atoms with Crippen molar-refractivity contribution in [1.29, 1.82) is 0 Å². The van der Waals surface area contributed by atoms with Crippen LogP contribution >= 0.6 is 15.9 Å². The first-order chi connectivity index (χ1) is 12.0. The largest absolute Gasteiger partial charge is 0.550 e. The number of fused-ring (bicyclic) bond motifs is 3. The van der Waals surface area contributed by atoms with Gasteiger partial charge in [-0.15, -0.1) is 0 Å². The van der Waals surface area contributed by atoms with Crippen LogP contribution in [0, 0.1) is 0 Å². The van der Waals surface area contributed by atoms with Gasteiger partial charge in [0, 0.05) is 39.4 Å². The Hall–Kier alpha value is -2.60. The van der Waals surface area contributed by atoms with Gasteiger partial charge >= 0.3 is 0 Å². The molecule has 0 saturated carbocycles. The highest BCUT2D eigenvalue weighted by Gasteiger charge is 2.39. The highest BCUT2D eigenvalue weighted by atomic mass is 79.9.